The molecule has 0 aliphatic rings. The second-order valence-corrected chi connectivity index (χ2v) is 10.7. The zero-order chi connectivity index (χ0) is 27.3. The number of carbonyl (C=O) groups is 4. The summed E-state index contributed by atoms with van der Waals surface area (Å²) in [6, 6.07) is -1.02. The molecule has 0 radical (unpaired) electrons. The van der Waals surface area contributed by atoms with E-state index in [-0.39, 0.29) is 24.3 Å². The van der Waals surface area contributed by atoms with Crippen LogP contribution < -0.4 is 0 Å². The summed E-state index contributed by atoms with van der Waals surface area (Å²) in [6.07, 6.45) is 0.424. The highest BCUT2D eigenvalue weighted by Crippen LogP contribution is 2.19. The van der Waals surface area contributed by atoms with E-state index in [9.17, 15) is 19.2 Å². The summed E-state index contributed by atoms with van der Waals surface area (Å²) >= 11 is 3.21. The van der Waals surface area contributed by atoms with Crippen molar-refractivity contribution in [3.8, 4) is 0 Å². The van der Waals surface area contributed by atoms with Crippen LogP contribution in [0.4, 0.5) is 0 Å². The third-order valence-corrected chi connectivity index (χ3v) is 4.62. The Morgan fingerprint density at radius 3 is 1.53 bits per heavy atom. The summed E-state index contributed by atoms with van der Waals surface area (Å²) in [5.41, 5.74) is 7.24. The van der Waals surface area contributed by atoms with E-state index < -0.39 is 39.9 Å². The lowest BCUT2D eigenvalue weighted by molar-refractivity contribution is -0.158. The maximum atomic E-state index is 11.8. The third-order valence-electron chi connectivity index (χ3n) is 3.88. The summed E-state index contributed by atoms with van der Waals surface area (Å²) in [7, 11) is 2.59. The van der Waals surface area contributed by atoms with E-state index >= 15 is 0 Å². The van der Waals surface area contributed by atoms with Gasteiger partial charge in [-0.2, -0.15) is 0 Å². The van der Waals surface area contributed by atoms with E-state index in [1.165, 1.54) is 14.2 Å². The molecule has 12 heteroatoms. The Labute approximate surface area is 210 Å². The fourth-order valence-electron chi connectivity index (χ4n) is 2.32. The summed E-state index contributed by atoms with van der Waals surface area (Å²) in [4.78, 5) is 47.9. The Morgan fingerprint density at radius 2 is 1.18 bits per heavy atom. The second kappa shape index (κ2) is 15.5. The summed E-state index contributed by atoms with van der Waals surface area (Å²) in [5.74, 6) is -2.66. The molecule has 0 N–H and O–H groups in total. The highest BCUT2D eigenvalue weighted by atomic mass is 79.9. The molecule has 4 unspecified atom stereocenters. The van der Waals surface area contributed by atoms with Crippen molar-refractivity contribution in [2.45, 2.75) is 90.3 Å². The van der Waals surface area contributed by atoms with Gasteiger partial charge in [-0.15, -0.1) is 0 Å². The standard InChI is InChI=1S/C11H19BrO4.C11H19N3O4/c1-7(9(13)15-5)6-8(12)10(14)16-11(2,3)4;1-7(9(15)17-5)6-8(13-14-12)10(16)18-11(2,3)4/h7-8H,6H2,1-5H3;7-8H,6H2,1-5H3. The van der Waals surface area contributed by atoms with Gasteiger partial charge in [0, 0.05) is 4.91 Å². The van der Waals surface area contributed by atoms with Crippen molar-refractivity contribution >= 4 is 39.8 Å². The molecule has 0 aromatic rings. The fourth-order valence-corrected chi connectivity index (χ4v) is 2.98. The molecule has 0 fully saturated rings. The van der Waals surface area contributed by atoms with Gasteiger partial charge in [-0.05, 0) is 59.9 Å². The van der Waals surface area contributed by atoms with Crippen LogP contribution in [-0.2, 0) is 38.1 Å². The Hall–Kier alpha value is -2.33. The average Bonchev–Trinajstić information content (AvgIpc) is 2.69. The number of hydrogen-bond acceptors (Lipinski definition) is 9. The van der Waals surface area contributed by atoms with E-state index in [4.69, 9.17) is 15.0 Å². The lowest BCUT2D eigenvalue weighted by Gasteiger charge is -2.22. The van der Waals surface area contributed by atoms with Crippen molar-refractivity contribution in [1.29, 1.82) is 0 Å². The lowest BCUT2D eigenvalue weighted by atomic mass is 10.0. The molecule has 196 valence electrons. The molecule has 34 heavy (non-hydrogen) atoms. The minimum absolute atomic E-state index is 0.0612. The van der Waals surface area contributed by atoms with Gasteiger partial charge in [0.1, 0.15) is 22.1 Å². The van der Waals surface area contributed by atoms with E-state index in [0.717, 1.165) is 0 Å². The normalized spacial score (nSPS) is 14.6. The van der Waals surface area contributed by atoms with Gasteiger partial charge in [-0.3, -0.25) is 19.2 Å². The zero-order valence-corrected chi connectivity index (χ0v) is 23.3. The zero-order valence-electron chi connectivity index (χ0n) is 21.7. The molecule has 0 aliphatic carbocycles. The molecule has 4 atom stereocenters. The maximum absolute atomic E-state index is 11.8. The van der Waals surface area contributed by atoms with Crippen molar-refractivity contribution in [3.05, 3.63) is 10.4 Å². The molecule has 0 heterocycles. The van der Waals surface area contributed by atoms with Gasteiger partial charge in [-0.25, -0.2) is 0 Å². The van der Waals surface area contributed by atoms with Crippen LogP contribution in [0.5, 0.6) is 0 Å². The van der Waals surface area contributed by atoms with Crippen molar-refractivity contribution in [2.24, 2.45) is 17.0 Å². The Kier molecular flexibility index (Phi) is 15.5. The Morgan fingerprint density at radius 1 is 0.794 bits per heavy atom. The molecule has 0 rings (SSSR count). The fraction of sp³-hybridized carbons (Fsp3) is 0.818. The minimum atomic E-state index is -1.02. The first-order chi connectivity index (χ1) is 15.4. The quantitative estimate of drug-likeness (QED) is 0.101. The smallest absolute Gasteiger partial charge is 0.320 e. The van der Waals surface area contributed by atoms with E-state index in [1.54, 1.807) is 55.4 Å². The van der Waals surface area contributed by atoms with Crippen LogP contribution in [0.15, 0.2) is 5.11 Å². The van der Waals surface area contributed by atoms with E-state index in [1.807, 2.05) is 0 Å². The molecule has 0 bridgehead atoms. The van der Waals surface area contributed by atoms with Gasteiger partial charge in [-0.1, -0.05) is 34.9 Å². The molecule has 11 nitrogen and oxygen atoms in total. The maximum Gasteiger partial charge on any atom is 0.320 e. The van der Waals surface area contributed by atoms with Crippen molar-refractivity contribution < 1.29 is 38.1 Å². The molecule has 0 amide bonds. The van der Waals surface area contributed by atoms with Crippen molar-refractivity contribution in [1.82, 2.24) is 0 Å². The molecule has 0 saturated carbocycles. The SMILES string of the molecule is COC(=O)C(C)CC(Br)C(=O)OC(C)(C)C.COC(=O)C(C)CC(N=[N+]=[N-])C(=O)OC(C)(C)C. The Bertz CT molecular complexity index is 739. The number of nitrogens with zero attached hydrogens (tertiary/aromatic N) is 3. The highest BCUT2D eigenvalue weighted by Gasteiger charge is 2.29. The van der Waals surface area contributed by atoms with Gasteiger partial charge in [0.2, 0.25) is 0 Å². The number of alkyl halides is 1. The molecule has 0 spiro atoms. The van der Waals surface area contributed by atoms with Crippen LogP contribution in [0.3, 0.4) is 0 Å². The lowest BCUT2D eigenvalue weighted by Crippen LogP contribution is -2.32. The molecule has 0 aliphatic heterocycles. The number of carbonyl (C=O) groups excluding carboxylic acids is 4. The van der Waals surface area contributed by atoms with E-state index in [0.29, 0.717) is 6.42 Å². The first-order valence-electron chi connectivity index (χ1n) is 10.7. The van der Waals surface area contributed by atoms with Crippen LogP contribution in [0.2, 0.25) is 0 Å². The average molecular weight is 552 g/mol. The monoisotopic (exact) mass is 551 g/mol. The van der Waals surface area contributed by atoms with Crippen LogP contribution in [0, 0.1) is 11.8 Å². The second-order valence-electron chi connectivity index (χ2n) is 9.58. The van der Waals surface area contributed by atoms with Gasteiger partial charge >= 0.3 is 23.9 Å². The number of esters is 4. The number of azide groups is 1. The van der Waals surface area contributed by atoms with Gasteiger partial charge < -0.3 is 18.9 Å². The van der Waals surface area contributed by atoms with Crippen molar-refractivity contribution in [2.75, 3.05) is 14.2 Å². The van der Waals surface area contributed by atoms with Gasteiger partial charge in [0.15, 0.2) is 0 Å². The predicted octanol–water partition coefficient (Wildman–Crippen LogP) is 4.50. The summed E-state index contributed by atoms with van der Waals surface area (Å²) < 4.78 is 19.4. The first-order valence-corrected chi connectivity index (χ1v) is 11.6. The topological polar surface area (TPSA) is 154 Å². The van der Waals surface area contributed by atoms with Crippen LogP contribution in [0.25, 0.3) is 10.4 Å². The summed E-state index contributed by atoms with van der Waals surface area (Å²) in [6.45, 7) is 13.8. The first kappa shape index (κ1) is 33.8. The van der Waals surface area contributed by atoms with Gasteiger partial charge in [0.25, 0.3) is 0 Å². The number of hydrogen-bond donors (Lipinski definition) is 0. The predicted molar refractivity (Wildman–Crippen MR) is 129 cm³/mol. The number of methoxy groups -OCH3 is 2. The largest absolute Gasteiger partial charge is 0.469 e. The minimum Gasteiger partial charge on any atom is -0.469 e. The number of rotatable bonds is 9. The molecule has 0 saturated heterocycles. The Balaban J connectivity index is 0. The van der Waals surface area contributed by atoms with E-state index in [2.05, 4.69) is 35.4 Å². The molecule has 0 aromatic carbocycles. The molecular formula is C22H38BrN3O8. The van der Waals surface area contributed by atoms with Crippen LogP contribution in [0.1, 0.15) is 68.2 Å². The van der Waals surface area contributed by atoms with Crippen LogP contribution >= 0.6 is 15.9 Å². The molecule has 0 aromatic heterocycles. The molecular weight excluding hydrogens is 514 g/mol. The number of halogens is 1. The third kappa shape index (κ3) is 16.3. The number of ether oxygens (including phenoxy) is 4. The van der Waals surface area contributed by atoms with Gasteiger partial charge in [0.05, 0.1) is 26.1 Å². The van der Waals surface area contributed by atoms with Crippen LogP contribution in [-0.4, -0.2) is 60.2 Å². The van der Waals surface area contributed by atoms with Crippen molar-refractivity contribution in [3.63, 3.8) is 0 Å². The summed E-state index contributed by atoms with van der Waals surface area (Å²) in [5, 5.41) is 3.36. The highest BCUT2D eigenvalue weighted by molar-refractivity contribution is 9.10.